The Bertz CT molecular complexity index is 382. The second-order valence-electron chi connectivity index (χ2n) is 4.83. The van der Waals surface area contributed by atoms with Crippen LogP contribution in [0.2, 0.25) is 0 Å². The third-order valence-electron chi connectivity index (χ3n) is 3.32. The molecular formula is C14H22F2N2. The molecule has 2 N–H and O–H groups in total. The molecule has 2 nitrogen and oxygen atoms in total. The van der Waals surface area contributed by atoms with Crippen LogP contribution in [-0.2, 0) is 0 Å². The molecule has 0 bridgehead atoms. The highest BCUT2D eigenvalue weighted by molar-refractivity contribution is 5.22. The molecule has 1 aromatic carbocycles. The van der Waals surface area contributed by atoms with Gasteiger partial charge in [0.05, 0.1) is 0 Å². The fourth-order valence-corrected chi connectivity index (χ4v) is 2.03. The molecule has 0 aliphatic carbocycles. The van der Waals surface area contributed by atoms with Gasteiger partial charge >= 0.3 is 0 Å². The van der Waals surface area contributed by atoms with Crippen LogP contribution in [0.15, 0.2) is 18.2 Å². The summed E-state index contributed by atoms with van der Waals surface area (Å²) in [6.07, 6.45) is 2.16. The third kappa shape index (κ3) is 3.75. The maximum atomic E-state index is 13.6. The number of likely N-dealkylation sites (N-methyl/N-ethyl adjacent to an activating group) is 1. The summed E-state index contributed by atoms with van der Waals surface area (Å²) in [5.74, 6) is -1.67. The molecule has 0 aromatic heterocycles. The standard InChI is InChI=1S/C14H22F2N2/c1-4-6-10(2)18(3)9-13(17)11-7-5-8-12(15)14(11)16/h5,7-8,10,13H,4,6,9,17H2,1-3H3. The lowest BCUT2D eigenvalue weighted by molar-refractivity contribution is 0.229. The average molecular weight is 256 g/mol. The van der Waals surface area contributed by atoms with Crippen molar-refractivity contribution in [3.63, 3.8) is 0 Å². The highest BCUT2D eigenvalue weighted by Gasteiger charge is 2.18. The van der Waals surface area contributed by atoms with Gasteiger partial charge in [-0.15, -0.1) is 0 Å². The zero-order valence-electron chi connectivity index (χ0n) is 11.3. The first-order valence-electron chi connectivity index (χ1n) is 6.37. The van der Waals surface area contributed by atoms with Crippen LogP contribution in [0.3, 0.4) is 0 Å². The Morgan fingerprint density at radius 2 is 2.00 bits per heavy atom. The van der Waals surface area contributed by atoms with Crippen LogP contribution in [-0.4, -0.2) is 24.5 Å². The summed E-state index contributed by atoms with van der Waals surface area (Å²) >= 11 is 0. The number of hydrogen-bond acceptors (Lipinski definition) is 2. The van der Waals surface area contributed by atoms with Gasteiger partial charge in [0, 0.05) is 24.2 Å². The summed E-state index contributed by atoms with van der Waals surface area (Å²) in [7, 11) is 1.96. The van der Waals surface area contributed by atoms with Crippen LogP contribution in [0.1, 0.15) is 38.3 Å². The van der Waals surface area contributed by atoms with Gasteiger partial charge in [0.25, 0.3) is 0 Å². The largest absolute Gasteiger partial charge is 0.323 e. The van der Waals surface area contributed by atoms with Crippen LogP contribution < -0.4 is 5.73 Å². The summed E-state index contributed by atoms with van der Waals surface area (Å²) in [4.78, 5) is 2.08. The lowest BCUT2D eigenvalue weighted by Crippen LogP contribution is -2.35. The van der Waals surface area contributed by atoms with E-state index in [1.54, 1.807) is 6.07 Å². The predicted molar refractivity (Wildman–Crippen MR) is 70.3 cm³/mol. The molecule has 0 saturated carbocycles. The highest BCUT2D eigenvalue weighted by Crippen LogP contribution is 2.19. The Hall–Kier alpha value is -1.00. The first kappa shape index (κ1) is 15.1. The highest BCUT2D eigenvalue weighted by atomic mass is 19.2. The van der Waals surface area contributed by atoms with E-state index in [0.717, 1.165) is 18.9 Å². The van der Waals surface area contributed by atoms with Crippen molar-refractivity contribution in [2.45, 2.75) is 38.8 Å². The molecule has 102 valence electrons. The van der Waals surface area contributed by atoms with E-state index in [9.17, 15) is 8.78 Å². The van der Waals surface area contributed by atoms with E-state index in [2.05, 4.69) is 18.7 Å². The van der Waals surface area contributed by atoms with E-state index in [-0.39, 0.29) is 5.56 Å². The number of benzene rings is 1. The van der Waals surface area contributed by atoms with Crippen molar-refractivity contribution in [2.75, 3.05) is 13.6 Å². The van der Waals surface area contributed by atoms with Crippen LogP contribution in [0, 0.1) is 11.6 Å². The van der Waals surface area contributed by atoms with Crippen LogP contribution in [0.25, 0.3) is 0 Å². The molecule has 0 heterocycles. The van der Waals surface area contributed by atoms with Gasteiger partial charge in [0.1, 0.15) is 0 Å². The average Bonchev–Trinajstić information content (AvgIpc) is 2.32. The molecule has 0 fully saturated rings. The van der Waals surface area contributed by atoms with Crippen molar-refractivity contribution in [1.82, 2.24) is 4.90 Å². The van der Waals surface area contributed by atoms with Crippen molar-refractivity contribution in [3.8, 4) is 0 Å². The summed E-state index contributed by atoms with van der Waals surface area (Å²) in [6.45, 7) is 4.75. The minimum Gasteiger partial charge on any atom is -0.323 e. The summed E-state index contributed by atoms with van der Waals surface area (Å²) in [5, 5.41) is 0. The van der Waals surface area contributed by atoms with Crippen LogP contribution in [0.4, 0.5) is 8.78 Å². The van der Waals surface area contributed by atoms with Gasteiger partial charge in [-0.3, -0.25) is 0 Å². The Labute approximate surface area is 108 Å². The van der Waals surface area contributed by atoms with Gasteiger partial charge in [-0.05, 0) is 26.5 Å². The molecule has 2 unspecified atom stereocenters. The fourth-order valence-electron chi connectivity index (χ4n) is 2.03. The molecule has 18 heavy (non-hydrogen) atoms. The van der Waals surface area contributed by atoms with Crippen molar-refractivity contribution in [3.05, 3.63) is 35.4 Å². The number of nitrogens with zero attached hydrogens (tertiary/aromatic N) is 1. The predicted octanol–water partition coefficient (Wildman–Crippen LogP) is 3.09. The summed E-state index contributed by atoms with van der Waals surface area (Å²) in [6, 6.07) is 4.02. The monoisotopic (exact) mass is 256 g/mol. The second kappa shape index (κ2) is 6.81. The molecule has 1 aromatic rings. The fraction of sp³-hybridized carbons (Fsp3) is 0.571. The minimum absolute atomic E-state index is 0.241. The lowest BCUT2D eigenvalue weighted by atomic mass is 10.1. The normalized spacial score (nSPS) is 14.8. The molecule has 1 rings (SSSR count). The van der Waals surface area contributed by atoms with Gasteiger partial charge in [0.15, 0.2) is 11.6 Å². The van der Waals surface area contributed by atoms with E-state index in [1.165, 1.54) is 6.07 Å². The van der Waals surface area contributed by atoms with E-state index < -0.39 is 17.7 Å². The lowest BCUT2D eigenvalue weighted by Gasteiger charge is -2.27. The quantitative estimate of drug-likeness (QED) is 0.847. The van der Waals surface area contributed by atoms with E-state index >= 15 is 0 Å². The smallest absolute Gasteiger partial charge is 0.163 e. The Kier molecular flexibility index (Phi) is 5.69. The molecule has 0 radical (unpaired) electrons. The van der Waals surface area contributed by atoms with Gasteiger partial charge in [0.2, 0.25) is 0 Å². The van der Waals surface area contributed by atoms with Gasteiger partial charge in [-0.2, -0.15) is 0 Å². The Balaban J connectivity index is 2.70. The van der Waals surface area contributed by atoms with Gasteiger partial charge < -0.3 is 10.6 Å². The zero-order valence-corrected chi connectivity index (χ0v) is 11.3. The van der Waals surface area contributed by atoms with E-state index in [1.807, 2.05) is 7.05 Å². The van der Waals surface area contributed by atoms with Crippen molar-refractivity contribution in [1.29, 1.82) is 0 Å². The molecule has 0 saturated heterocycles. The van der Waals surface area contributed by atoms with Crippen LogP contribution in [0.5, 0.6) is 0 Å². The third-order valence-corrected chi connectivity index (χ3v) is 3.32. The number of hydrogen-bond donors (Lipinski definition) is 1. The van der Waals surface area contributed by atoms with Crippen LogP contribution >= 0.6 is 0 Å². The first-order chi connectivity index (χ1) is 8.47. The Morgan fingerprint density at radius 1 is 1.33 bits per heavy atom. The maximum absolute atomic E-state index is 13.6. The second-order valence-corrected chi connectivity index (χ2v) is 4.83. The number of nitrogens with two attached hydrogens (primary N) is 1. The van der Waals surface area contributed by atoms with E-state index in [0.29, 0.717) is 12.6 Å². The summed E-state index contributed by atoms with van der Waals surface area (Å²) < 4.78 is 26.7. The number of halogens is 2. The minimum atomic E-state index is -0.841. The van der Waals surface area contributed by atoms with Gasteiger partial charge in [-0.25, -0.2) is 8.78 Å². The number of rotatable bonds is 6. The molecule has 0 aliphatic rings. The maximum Gasteiger partial charge on any atom is 0.163 e. The zero-order chi connectivity index (χ0) is 13.7. The Morgan fingerprint density at radius 3 is 2.61 bits per heavy atom. The molecular weight excluding hydrogens is 234 g/mol. The van der Waals surface area contributed by atoms with E-state index in [4.69, 9.17) is 5.73 Å². The molecule has 0 amide bonds. The topological polar surface area (TPSA) is 29.3 Å². The SMILES string of the molecule is CCCC(C)N(C)CC(N)c1cccc(F)c1F. The van der Waals surface area contributed by atoms with Crippen molar-refractivity contribution >= 4 is 0 Å². The van der Waals surface area contributed by atoms with Gasteiger partial charge in [-0.1, -0.05) is 25.5 Å². The first-order valence-corrected chi connectivity index (χ1v) is 6.37. The molecule has 0 spiro atoms. The molecule has 0 aliphatic heterocycles. The summed E-state index contributed by atoms with van der Waals surface area (Å²) in [5.41, 5.74) is 6.19. The molecule has 2 atom stereocenters. The molecule has 4 heteroatoms. The van der Waals surface area contributed by atoms with Crippen molar-refractivity contribution in [2.24, 2.45) is 5.73 Å². The van der Waals surface area contributed by atoms with Crippen molar-refractivity contribution < 1.29 is 8.78 Å².